The van der Waals surface area contributed by atoms with Gasteiger partial charge in [-0.05, 0) is 35.4 Å². The summed E-state index contributed by atoms with van der Waals surface area (Å²) in [4.78, 5) is 2.48. The molecule has 156 valence electrons. The van der Waals surface area contributed by atoms with Crippen LogP contribution < -0.4 is 4.74 Å². The molecule has 0 bridgehead atoms. The topological polar surface area (TPSA) is 41.1 Å². The van der Waals surface area contributed by atoms with Crippen LogP contribution in [0, 0.1) is 0 Å². The second-order valence-corrected chi connectivity index (χ2v) is 8.35. The van der Waals surface area contributed by atoms with Gasteiger partial charge < -0.3 is 4.74 Å². The van der Waals surface area contributed by atoms with Gasteiger partial charge in [0, 0.05) is 47.9 Å². The van der Waals surface area contributed by atoms with Gasteiger partial charge in [0.05, 0.1) is 5.69 Å². The summed E-state index contributed by atoms with van der Waals surface area (Å²) < 4.78 is 6.02. The van der Waals surface area contributed by atoms with E-state index in [-0.39, 0.29) is 0 Å². The molecule has 0 atom stereocenters. The molecule has 0 saturated carbocycles. The van der Waals surface area contributed by atoms with Crippen molar-refractivity contribution in [2.75, 3.05) is 6.54 Å². The molecule has 1 aliphatic heterocycles. The third kappa shape index (κ3) is 4.66. The van der Waals surface area contributed by atoms with E-state index in [2.05, 4.69) is 57.6 Å². The van der Waals surface area contributed by atoms with Gasteiger partial charge in [-0.3, -0.25) is 10.00 Å². The van der Waals surface area contributed by atoms with Gasteiger partial charge in [-0.15, -0.1) is 0 Å². The smallest absolute Gasteiger partial charge is 0.120 e. The highest BCUT2D eigenvalue weighted by Gasteiger charge is 2.23. The zero-order chi connectivity index (χ0) is 21.0. The second kappa shape index (κ2) is 8.96. The molecule has 3 aromatic carbocycles. The Morgan fingerprint density at radius 3 is 2.61 bits per heavy atom. The average molecular weight is 430 g/mol. The molecule has 0 radical (unpaired) electrons. The first-order chi connectivity index (χ1) is 15.2. The van der Waals surface area contributed by atoms with Crippen LogP contribution in [-0.2, 0) is 26.1 Å². The van der Waals surface area contributed by atoms with E-state index in [0.29, 0.717) is 6.61 Å². The maximum absolute atomic E-state index is 6.02. The van der Waals surface area contributed by atoms with Crippen molar-refractivity contribution in [3.05, 3.63) is 106 Å². The number of rotatable bonds is 6. The highest BCUT2D eigenvalue weighted by Crippen LogP contribution is 2.31. The maximum Gasteiger partial charge on any atom is 0.120 e. The summed E-state index contributed by atoms with van der Waals surface area (Å²) in [5.74, 6) is 0.834. The summed E-state index contributed by atoms with van der Waals surface area (Å²) >= 11 is 5.97. The minimum absolute atomic E-state index is 0.504. The summed E-state index contributed by atoms with van der Waals surface area (Å²) in [5, 5.41) is 8.65. The van der Waals surface area contributed by atoms with Crippen molar-refractivity contribution in [2.24, 2.45) is 0 Å². The molecule has 5 rings (SSSR count). The van der Waals surface area contributed by atoms with Crippen molar-refractivity contribution in [3.8, 4) is 17.0 Å². The second-order valence-electron chi connectivity index (χ2n) is 7.92. The summed E-state index contributed by atoms with van der Waals surface area (Å²) in [7, 11) is 0. The van der Waals surface area contributed by atoms with E-state index in [0.717, 1.165) is 53.6 Å². The summed E-state index contributed by atoms with van der Waals surface area (Å²) in [6.45, 7) is 3.39. The highest BCUT2D eigenvalue weighted by molar-refractivity contribution is 6.30. The maximum atomic E-state index is 6.02. The van der Waals surface area contributed by atoms with Crippen LogP contribution in [0.5, 0.6) is 5.75 Å². The molecule has 2 heterocycles. The molecule has 1 aliphatic rings. The van der Waals surface area contributed by atoms with Gasteiger partial charge in [0.1, 0.15) is 12.4 Å². The third-order valence-corrected chi connectivity index (χ3v) is 5.94. The number of nitrogens with zero attached hydrogens (tertiary/aromatic N) is 2. The fourth-order valence-corrected chi connectivity index (χ4v) is 4.17. The van der Waals surface area contributed by atoms with Crippen molar-refractivity contribution in [1.29, 1.82) is 0 Å². The van der Waals surface area contributed by atoms with E-state index in [9.17, 15) is 0 Å². The van der Waals surface area contributed by atoms with Gasteiger partial charge in [0.25, 0.3) is 0 Å². The van der Waals surface area contributed by atoms with Gasteiger partial charge in [0.15, 0.2) is 0 Å². The first-order valence-electron chi connectivity index (χ1n) is 10.5. The lowest BCUT2D eigenvalue weighted by molar-refractivity contribution is 0.245. The number of fused-ring (bicyclic) bond motifs is 1. The number of hydrogen-bond donors (Lipinski definition) is 1. The van der Waals surface area contributed by atoms with Gasteiger partial charge in [-0.1, -0.05) is 66.2 Å². The minimum Gasteiger partial charge on any atom is -0.489 e. The van der Waals surface area contributed by atoms with Crippen LogP contribution in [-0.4, -0.2) is 21.6 Å². The fourth-order valence-electron chi connectivity index (χ4n) is 4.05. The molecule has 31 heavy (non-hydrogen) atoms. The van der Waals surface area contributed by atoms with Crippen LogP contribution in [0.3, 0.4) is 0 Å². The van der Waals surface area contributed by atoms with Crippen LogP contribution >= 0.6 is 11.6 Å². The molecule has 0 amide bonds. The van der Waals surface area contributed by atoms with Crippen molar-refractivity contribution >= 4 is 11.6 Å². The molecule has 0 aliphatic carbocycles. The monoisotopic (exact) mass is 429 g/mol. The predicted molar refractivity (Wildman–Crippen MR) is 124 cm³/mol. The number of ether oxygens (including phenoxy) is 1. The van der Waals surface area contributed by atoms with Crippen molar-refractivity contribution < 1.29 is 4.74 Å². The van der Waals surface area contributed by atoms with Crippen molar-refractivity contribution in [1.82, 2.24) is 15.1 Å². The molecule has 1 aromatic heterocycles. The van der Waals surface area contributed by atoms with Crippen molar-refractivity contribution in [3.63, 3.8) is 0 Å². The number of halogens is 1. The quantitative estimate of drug-likeness (QED) is 0.417. The van der Waals surface area contributed by atoms with E-state index >= 15 is 0 Å². The van der Waals surface area contributed by atoms with Crippen molar-refractivity contribution in [2.45, 2.75) is 26.1 Å². The Bertz CT molecular complexity index is 1160. The summed E-state index contributed by atoms with van der Waals surface area (Å²) in [6.07, 6.45) is 0.988. The van der Waals surface area contributed by atoms with Crippen LogP contribution in [0.15, 0.2) is 78.9 Å². The Morgan fingerprint density at radius 2 is 1.77 bits per heavy atom. The SMILES string of the molecule is Clc1ccc(COc2cccc(-c3n[nH]c4c3CN(Cc3ccccc3)CC4)c2)cc1. The van der Waals surface area contributed by atoms with Crippen LogP contribution in [0.4, 0.5) is 0 Å². The Labute approximate surface area is 187 Å². The average Bonchev–Trinajstić information content (AvgIpc) is 3.23. The number of aromatic nitrogens is 2. The first-order valence-corrected chi connectivity index (χ1v) is 10.9. The molecule has 0 spiro atoms. The minimum atomic E-state index is 0.504. The summed E-state index contributed by atoms with van der Waals surface area (Å²) in [5.41, 5.74) is 7.05. The molecule has 4 aromatic rings. The molecule has 4 nitrogen and oxygen atoms in total. The van der Waals surface area contributed by atoms with Crippen LogP contribution in [0.25, 0.3) is 11.3 Å². The zero-order valence-electron chi connectivity index (χ0n) is 17.2. The molecule has 0 unspecified atom stereocenters. The van der Waals surface area contributed by atoms with Crippen LogP contribution in [0.1, 0.15) is 22.4 Å². The Kier molecular flexibility index (Phi) is 5.74. The predicted octanol–water partition coefficient (Wildman–Crippen LogP) is 5.87. The van der Waals surface area contributed by atoms with E-state index in [1.807, 2.05) is 36.4 Å². The van der Waals surface area contributed by atoms with E-state index < -0.39 is 0 Å². The highest BCUT2D eigenvalue weighted by atomic mass is 35.5. The molecule has 1 N–H and O–H groups in total. The Morgan fingerprint density at radius 1 is 0.935 bits per heavy atom. The van der Waals surface area contributed by atoms with E-state index in [1.54, 1.807) is 0 Å². The Balaban J connectivity index is 1.32. The third-order valence-electron chi connectivity index (χ3n) is 5.69. The zero-order valence-corrected chi connectivity index (χ0v) is 18.0. The molecular weight excluding hydrogens is 406 g/mol. The first kappa shape index (κ1) is 19.9. The standard InChI is InChI=1S/C26H24ClN3O/c27-22-11-9-20(10-12-22)18-31-23-8-4-7-21(15-23)26-24-17-30(14-13-25(24)28-29-26)16-19-5-2-1-3-6-19/h1-12,15H,13-14,16-18H2,(H,28,29). The molecule has 5 heteroatoms. The normalized spacial score (nSPS) is 13.7. The van der Waals surface area contributed by atoms with Gasteiger partial charge >= 0.3 is 0 Å². The fraction of sp³-hybridized carbons (Fsp3) is 0.192. The number of nitrogens with one attached hydrogen (secondary N) is 1. The lowest BCUT2D eigenvalue weighted by Gasteiger charge is -2.27. The summed E-state index contributed by atoms with van der Waals surface area (Å²) in [6, 6.07) is 26.6. The lowest BCUT2D eigenvalue weighted by Crippen LogP contribution is -2.29. The van der Waals surface area contributed by atoms with Gasteiger partial charge in [-0.2, -0.15) is 5.10 Å². The number of benzene rings is 3. The molecular formula is C26H24ClN3O. The van der Waals surface area contributed by atoms with Gasteiger partial charge in [-0.25, -0.2) is 0 Å². The number of hydrogen-bond acceptors (Lipinski definition) is 3. The number of aromatic amines is 1. The largest absolute Gasteiger partial charge is 0.489 e. The Hall–Kier alpha value is -3.08. The molecule has 0 saturated heterocycles. The number of H-pyrrole nitrogens is 1. The molecule has 0 fully saturated rings. The van der Waals surface area contributed by atoms with E-state index in [1.165, 1.54) is 16.8 Å². The van der Waals surface area contributed by atoms with Gasteiger partial charge in [0.2, 0.25) is 0 Å². The van der Waals surface area contributed by atoms with E-state index in [4.69, 9.17) is 16.3 Å². The van der Waals surface area contributed by atoms with Crippen LogP contribution in [0.2, 0.25) is 5.02 Å². The lowest BCUT2D eigenvalue weighted by atomic mass is 10.0.